The van der Waals surface area contributed by atoms with Crippen LogP contribution in [0.5, 0.6) is 0 Å². The average molecular weight is 149 g/mol. The summed E-state index contributed by atoms with van der Waals surface area (Å²) >= 11 is 0. The Morgan fingerprint density at radius 3 is 2.36 bits per heavy atom. The van der Waals surface area contributed by atoms with Gasteiger partial charge < -0.3 is 5.11 Å². The first-order valence-corrected chi connectivity index (χ1v) is 3.65. The van der Waals surface area contributed by atoms with Crippen molar-refractivity contribution in [3.63, 3.8) is 0 Å². The molecule has 0 aromatic heterocycles. The van der Waals surface area contributed by atoms with Crippen LogP contribution in [0, 0.1) is 6.92 Å². The lowest BCUT2D eigenvalue weighted by Crippen LogP contribution is -2.15. The summed E-state index contributed by atoms with van der Waals surface area (Å²) in [5.74, 6) is 0. The van der Waals surface area contributed by atoms with Gasteiger partial charge in [-0.15, -0.1) is 0 Å². The average Bonchev–Trinajstić information content (AvgIpc) is 1.86. The van der Waals surface area contributed by atoms with Crippen LogP contribution in [0.4, 0.5) is 0 Å². The normalized spacial score (nSPS) is 11.6. The first-order chi connectivity index (χ1) is 5.00. The fourth-order valence-electron chi connectivity index (χ4n) is 0.952. The van der Waals surface area contributed by atoms with Crippen LogP contribution in [0.3, 0.4) is 0 Å². The lowest BCUT2D eigenvalue weighted by atomic mass is 9.97. The minimum Gasteiger partial charge on any atom is -0.386 e. The van der Waals surface area contributed by atoms with Crippen LogP contribution in [0.2, 0.25) is 0 Å². The second kappa shape index (κ2) is 2.67. The maximum absolute atomic E-state index is 9.59. The van der Waals surface area contributed by atoms with Gasteiger partial charge in [-0.05, 0) is 31.9 Å². The molecule has 1 radical (unpaired) electrons. The van der Waals surface area contributed by atoms with E-state index in [0.717, 1.165) is 11.1 Å². The standard InChI is InChI=1S/C10H13O/c1-8-5-4-6-9(7-8)10(2,3)11/h4-7,11H,1H2,2-3H3. The van der Waals surface area contributed by atoms with E-state index in [4.69, 9.17) is 0 Å². The second-order valence-electron chi connectivity index (χ2n) is 3.26. The van der Waals surface area contributed by atoms with E-state index in [9.17, 15) is 5.11 Å². The Hall–Kier alpha value is -0.820. The van der Waals surface area contributed by atoms with Gasteiger partial charge in [0.25, 0.3) is 0 Å². The molecule has 0 aliphatic heterocycles. The predicted octanol–water partition coefficient (Wildman–Crippen LogP) is 2.10. The van der Waals surface area contributed by atoms with Crippen molar-refractivity contribution in [1.82, 2.24) is 0 Å². The Kier molecular flexibility index (Phi) is 2.01. The predicted molar refractivity (Wildman–Crippen MR) is 46.1 cm³/mol. The molecule has 1 heteroatoms. The molecule has 1 nitrogen and oxygen atoms in total. The van der Waals surface area contributed by atoms with E-state index in [2.05, 4.69) is 6.92 Å². The molecule has 1 rings (SSSR count). The maximum Gasteiger partial charge on any atom is 0.0840 e. The highest BCUT2D eigenvalue weighted by Crippen LogP contribution is 2.19. The first-order valence-electron chi connectivity index (χ1n) is 3.65. The molecule has 0 atom stereocenters. The van der Waals surface area contributed by atoms with E-state index >= 15 is 0 Å². The van der Waals surface area contributed by atoms with Gasteiger partial charge in [-0.2, -0.15) is 0 Å². The van der Waals surface area contributed by atoms with E-state index in [-0.39, 0.29) is 0 Å². The molecule has 0 aliphatic carbocycles. The maximum atomic E-state index is 9.59. The van der Waals surface area contributed by atoms with E-state index in [0.29, 0.717) is 0 Å². The molecular weight excluding hydrogens is 136 g/mol. The topological polar surface area (TPSA) is 20.2 Å². The summed E-state index contributed by atoms with van der Waals surface area (Å²) in [6.07, 6.45) is 0. The molecule has 11 heavy (non-hydrogen) atoms. The monoisotopic (exact) mass is 149 g/mol. The number of hydrogen-bond acceptors (Lipinski definition) is 1. The van der Waals surface area contributed by atoms with Crippen molar-refractivity contribution in [2.24, 2.45) is 0 Å². The molecule has 59 valence electrons. The third-order valence-corrected chi connectivity index (χ3v) is 1.63. The molecule has 1 aromatic rings. The molecule has 1 N–H and O–H groups in total. The van der Waals surface area contributed by atoms with Crippen molar-refractivity contribution >= 4 is 0 Å². The molecule has 0 unspecified atom stereocenters. The van der Waals surface area contributed by atoms with Gasteiger partial charge in [0.1, 0.15) is 0 Å². The van der Waals surface area contributed by atoms with Crippen molar-refractivity contribution in [2.75, 3.05) is 0 Å². The first kappa shape index (κ1) is 8.28. The van der Waals surface area contributed by atoms with E-state index in [1.165, 1.54) is 0 Å². The van der Waals surface area contributed by atoms with Gasteiger partial charge >= 0.3 is 0 Å². The van der Waals surface area contributed by atoms with Crippen LogP contribution in [0.1, 0.15) is 25.0 Å². The molecule has 0 heterocycles. The van der Waals surface area contributed by atoms with Crippen LogP contribution in [0.15, 0.2) is 24.3 Å². The van der Waals surface area contributed by atoms with Gasteiger partial charge in [0.15, 0.2) is 0 Å². The highest BCUT2D eigenvalue weighted by molar-refractivity contribution is 5.28. The Morgan fingerprint density at radius 1 is 1.36 bits per heavy atom. The van der Waals surface area contributed by atoms with Crippen LogP contribution >= 0.6 is 0 Å². The third kappa shape index (κ3) is 2.05. The molecule has 0 saturated heterocycles. The zero-order valence-electron chi connectivity index (χ0n) is 6.96. The fraction of sp³-hybridized carbons (Fsp3) is 0.300. The molecule has 0 spiro atoms. The van der Waals surface area contributed by atoms with Gasteiger partial charge in [-0.3, -0.25) is 0 Å². The van der Waals surface area contributed by atoms with E-state index in [1.807, 2.05) is 24.3 Å². The summed E-state index contributed by atoms with van der Waals surface area (Å²) < 4.78 is 0. The number of hydrogen-bond donors (Lipinski definition) is 1. The minimum atomic E-state index is -0.756. The van der Waals surface area contributed by atoms with Gasteiger partial charge in [0, 0.05) is 0 Å². The lowest BCUT2D eigenvalue weighted by Gasteiger charge is -2.17. The number of aliphatic hydroxyl groups is 1. The van der Waals surface area contributed by atoms with E-state index in [1.54, 1.807) is 13.8 Å². The summed E-state index contributed by atoms with van der Waals surface area (Å²) in [6, 6.07) is 7.60. The molecule has 0 bridgehead atoms. The minimum absolute atomic E-state index is 0.756. The van der Waals surface area contributed by atoms with Gasteiger partial charge in [0.05, 0.1) is 5.60 Å². The molecule has 1 aromatic carbocycles. The number of rotatable bonds is 1. The van der Waals surface area contributed by atoms with Gasteiger partial charge in [0.2, 0.25) is 0 Å². The zero-order valence-corrected chi connectivity index (χ0v) is 6.96. The molecule has 0 saturated carbocycles. The lowest BCUT2D eigenvalue weighted by molar-refractivity contribution is 0.0786. The van der Waals surface area contributed by atoms with E-state index < -0.39 is 5.60 Å². The summed E-state index contributed by atoms with van der Waals surface area (Å²) in [7, 11) is 0. The van der Waals surface area contributed by atoms with Gasteiger partial charge in [-0.25, -0.2) is 0 Å². The fourth-order valence-corrected chi connectivity index (χ4v) is 0.952. The Morgan fingerprint density at radius 2 is 2.00 bits per heavy atom. The van der Waals surface area contributed by atoms with Crippen molar-refractivity contribution < 1.29 is 5.11 Å². The summed E-state index contributed by atoms with van der Waals surface area (Å²) in [5.41, 5.74) is 1.09. The van der Waals surface area contributed by atoms with Gasteiger partial charge in [-0.1, -0.05) is 24.3 Å². The van der Waals surface area contributed by atoms with Crippen molar-refractivity contribution in [3.05, 3.63) is 42.3 Å². The molecule has 0 aliphatic rings. The quantitative estimate of drug-likeness (QED) is 0.648. The van der Waals surface area contributed by atoms with Crippen LogP contribution in [0.25, 0.3) is 0 Å². The van der Waals surface area contributed by atoms with Crippen molar-refractivity contribution in [2.45, 2.75) is 19.4 Å². The number of benzene rings is 1. The third-order valence-electron chi connectivity index (χ3n) is 1.63. The largest absolute Gasteiger partial charge is 0.386 e. The highest BCUT2D eigenvalue weighted by Gasteiger charge is 2.14. The van der Waals surface area contributed by atoms with Crippen molar-refractivity contribution in [3.8, 4) is 0 Å². The zero-order chi connectivity index (χ0) is 8.48. The Labute approximate surface area is 67.7 Å². The van der Waals surface area contributed by atoms with Crippen LogP contribution < -0.4 is 0 Å². The molecule has 0 amide bonds. The summed E-state index contributed by atoms with van der Waals surface area (Å²) in [6.45, 7) is 7.31. The summed E-state index contributed by atoms with van der Waals surface area (Å²) in [4.78, 5) is 0. The smallest absolute Gasteiger partial charge is 0.0840 e. The second-order valence-corrected chi connectivity index (χ2v) is 3.26. The van der Waals surface area contributed by atoms with Crippen molar-refractivity contribution in [1.29, 1.82) is 0 Å². The van der Waals surface area contributed by atoms with Crippen LogP contribution in [-0.4, -0.2) is 5.11 Å². The Balaban J connectivity index is 3.06. The molecule has 0 fully saturated rings. The van der Waals surface area contributed by atoms with Crippen LogP contribution in [-0.2, 0) is 5.60 Å². The highest BCUT2D eigenvalue weighted by atomic mass is 16.3. The Bertz CT molecular complexity index is 245. The summed E-state index contributed by atoms with van der Waals surface area (Å²) in [5, 5.41) is 9.59. The molecular formula is C10H13O. The SMILES string of the molecule is [CH2]c1cccc(C(C)(C)O)c1.